The maximum atomic E-state index is 12.2. The number of H-pyrrole nitrogens is 2. The van der Waals surface area contributed by atoms with Crippen LogP contribution in [-0.2, 0) is 0 Å². The molecule has 2 rings (SSSR count). The number of pyridine rings is 1. The molecule has 3 N–H and O–H groups in total. The van der Waals surface area contributed by atoms with E-state index in [9.17, 15) is 9.59 Å². The summed E-state index contributed by atoms with van der Waals surface area (Å²) < 4.78 is 0. The van der Waals surface area contributed by atoms with Gasteiger partial charge in [-0.25, -0.2) is 4.98 Å². The van der Waals surface area contributed by atoms with E-state index >= 15 is 0 Å². The van der Waals surface area contributed by atoms with Crippen molar-refractivity contribution in [2.75, 3.05) is 0 Å². The molecule has 1 amide bonds. The molecule has 6 heteroatoms. The highest BCUT2D eigenvalue weighted by atomic mass is 16.2. The van der Waals surface area contributed by atoms with Gasteiger partial charge in [0.25, 0.3) is 5.91 Å². The second-order valence-electron chi connectivity index (χ2n) is 4.80. The third-order valence-electron chi connectivity index (χ3n) is 3.01. The Labute approximate surface area is 116 Å². The Balaban J connectivity index is 2.19. The first kappa shape index (κ1) is 14.0. The van der Waals surface area contributed by atoms with E-state index in [1.165, 1.54) is 6.07 Å². The van der Waals surface area contributed by atoms with E-state index in [2.05, 4.69) is 20.3 Å². The van der Waals surface area contributed by atoms with Crippen molar-refractivity contribution in [1.29, 1.82) is 0 Å². The van der Waals surface area contributed by atoms with Gasteiger partial charge in [-0.15, -0.1) is 0 Å². The lowest BCUT2D eigenvalue weighted by Crippen LogP contribution is -2.30. The molecule has 2 aromatic rings. The molecule has 1 atom stereocenters. The number of carbonyl (C=O) groups is 1. The van der Waals surface area contributed by atoms with Gasteiger partial charge in [0.1, 0.15) is 5.82 Å². The number of aromatic nitrogens is 3. The second kappa shape index (κ2) is 5.73. The Hall–Kier alpha value is -2.37. The van der Waals surface area contributed by atoms with Crippen LogP contribution < -0.4 is 10.9 Å². The van der Waals surface area contributed by atoms with Gasteiger partial charge in [0.2, 0.25) is 5.56 Å². The number of rotatable bonds is 4. The van der Waals surface area contributed by atoms with Crippen molar-refractivity contribution in [3.63, 3.8) is 0 Å². The lowest BCUT2D eigenvalue weighted by atomic mass is 10.1. The van der Waals surface area contributed by atoms with Crippen LogP contribution in [-0.4, -0.2) is 20.9 Å². The maximum Gasteiger partial charge on any atom is 0.252 e. The van der Waals surface area contributed by atoms with E-state index in [1.807, 2.05) is 13.8 Å². The van der Waals surface area contributed by atoms with E-state index in [1.54, 1.807) is 19.2 Å². The summed E-state index contributed by atoms with van der Waals surface area (Å²) in [5.74, 6) is 0.444. The molecule has 0 spiro atoms. The van der Waals surface area contributed by atoms with Crippen molar-refractivity contribution >= 4 is 5.91 Å². The fourth-order valence-electron chi connectivity index (χ4n) is 2.03. The van der Waals surface area contributed by atoms with Gasteiger partial charge in [-0.3, -0.25) is 9.59 Å². The zero-order valence-electron chi connectivity index (χ0n) is 11.8. The van der Waals surface area contributed by atoms with E-state index < -0.39 is 0 Å². The summed E-state index contributed by atoms with van der Waals surface area (Å²) >= 11 is 0. The number of aryl methyl sites for hydroxylation is 2. The molecule has 6 nitrogen and oxygen atoms in total. The minimum atomic E-state index is -0.281. The van der Waals surface area contributed by atoms with Crippen molar-refractivity contribution in [2.45, 2.75) is 33.2 Å². The summed E-state index contributed by atoms with van der Waals surface area (Å²) in [6.07, 6.45) is 2.43. The molecule has 0 aliphatic heterocycles. The number of nitrogens with one attached hydrogen (secondary N) is 3. The Kier molecular flexibility index (Phi) is 4.02. The summed E-state index contributed by atoms with van der Waals surface area (Å²) in [4.78, 5) is 33.5. The molecule has 2 heterocycles. The molecule has 0 radical (unpaired) electrons. The van der Waals surface area contributed by atoms with Crippen LogP contribution in [0.5, 0.6) is 0 Å². The van der Waals surface area contributed by atoms with Gasteiger partial charge in [-0.05, 0) is 26.3 Å². The molecule has 20 heavy (non-hydrogen) atoms. The molecule has 0 saturated carbocycles. The number of imidazole rings is 1. The van der Waals surface area contributed by atoms with E-state index in [0.29, 0.717) is 17.7 Å². The zero-order chi connectivity index (χ0) is 14.7. The first-order valence-corrected chi connectivity index (χ1v) is 6.53. The third-order valence-corrected chi connectivity index (χ3v) is 3.01. The molecule has 0 aromatic carbocycles. The lowest BCUT2D eigenvalue weighted by molar-refractivity contribution is 0.0933. The van der Waals surface area contributed by atoms with Gasteiger partial charge in [0.15, 0.2) is 0 Å². The number of hydrogen-bond donors (Lipinski definition) is 3. The Morgan fingerprint density at radius 1 is 1.30 bits per heavy atom. The van der Waals surface area contributed by atoms with Crippen LogP contribution in [0.4, 0.5) is 0 Å². The second-order valence-corrected chi connectivity index (χ2v) is 4.80. The van der Waals surface area contributed by atoms with Gasteiger partial charge in [-0.1, -0.05) is 6.92 Å². The monoisotopic (exact) mass is 274 g/mol. The fourth-order valence-corrected chi connectivity index (χ4v) is 2.03. The highest BCUT2D eigenvalue weighted by molar-refractivity contribution is 5.94. The van der Waals surface area contributed by atoms with Crippen molar-refractivity contribution < 1.29 is 4.79 Å². The quantitative estimate of drug-likeness (QED) is 0.790. The van der Waals surface area contributed by atoms with Crippen LogP contribution in [0.15, 0.2) is 23.1 Å². The highest BCUT2D eigenvalue weighted by Crippen LogP contribution is 2.13. The molecule has 0 fully saturated rings. The van der Waals surface area contributed by atoms with Crippen LogP contribution in [0.25, 0.3) is 0 Å². The Morgan fingerprint density at radius 2 is 2.05 bits per heavy atom. The SMILES string of the molecule is CC[C@@H](NC(=O)c1cc(C)[nH]c(=O)c1)c1ncc(C)[nH]1. The van der Waals surface area contributed by atoms with Gasteiger partial charge < -0.3 is 15.3 Å². The smallest absolute Gasteiger partial charge is 0.252 e. The van der Waals surface area contributed by atoms with E-state index in [-0.39, 0.29) is 17.5 Å². The molecular formula is C14H18N4O2. The number of aromatic amines is 2. The van der Waals surface area contributed by atoms with Crippen LogP contribution >= 0.6 is 0 Å². The van der Waals surface area contributed by atoms with Crippen LogP contribution in [0.2, 0.25) is 0 Å². The molecule has 0 aliphatic carbocycles. The standard InChI is InChI=1S/C14H18N4O2/c1-4-11(13-15-7-9(3)17-13)18-14(20)10-5-8(2)16-12(19)6-10/h5-7,11H,4H2,1-3H3,(H,15,17)(H,16,19)(H,18,20)/t11-/m1/s1. The average molecular weight is 274 g/mol. The summed E-state index contributed by atoms with van der Waals surface area (Å²) in [7, 11) is 0. The largest absolute Gasteiger partial charge is 0.344 e. The zero-order valence-corrected chi connectivity index (χ0v) is 11.8. The summed E-state index contributed by atoms with van der Waals surface area (Å²) in [6, 6.07) is 2.75. The predicted molar refractivity (Wildman–Crippen MR) is 75.6 cm³/mol. The molecule has 106 valence electrons. The first-order chi connectivity index (χ1) is 9.49. The molecule has 0 saturated heterocycles. The topological polar surface area (TPSA) is 90.6 Å². The van der Waals surface area contributed by atoms with Crippen LogP contribution in [0, 0.1) is 13.8 Å². The van der Waals surface area contributed by atoms with Crippen molar-refractivity contribution in [2.24, 2.45) is 0 Å². The van der Waals surface area contributed by atoms with E-state index in [0.717, 1.165) is 11.5 Å². The highest BCUT2D eigenvalue weighted by Gasteiger charge is 2.17. The van der Waals surface area contributed by atoms with Crippen LogP contribution in [0.1, 0.15) is 47.0 Å². The molecule has 0 bridgehead atoms. The van der Waals surface area contributed by atoms with Gasteiger partial charge >= 0.3 is 0 Å². The number of hydrogen-bond acceptors (Lipinski definition) is 3. The van der Waals surface area contributed by atoms with E-state index in [4.69, 9.17) is 0 Å². The predicted octanol–water partition coefficient (Wildman–Crippen LogP) is 1.60. The Morgan fingerprint density at radius 3 is 2.60 bits per heavy atom. The molecule has 2 aromatic heterocycles. The van der Waals surface area contributed by atoms with Gasteiger partial charge in [0, 0.05) is 29.2 Å². The Bertz CT molecular complexity index is 672. The number of nitrogens with zero attached hydrogens (tertiary/aromatic N) is 1. The van der Waals surface area contributed by atoms with Crippen molar-refractivity contribution in [3.05, 3.63) is 51.5 Å². The maximum absolute atomic E-state index is 12.2. The molecule has 0 aliphatic rings. The van der Waals surface area contributed by atoms with Gasteiger partial charge in [0.05, 0.1) is 6.04 Å². The average Bonchev–Trinajstić information content (AvgIpc) is 2.81. The fraction of sp³-hybridized carbons (Fsp3) is 0.357. The summed E-state index contributed by atoms with van der Waals surface area (Å²) in [6.45, 7) is 5.61. The molecule has 0 unspecified atom stereocenters. The van der Waals surface area contributed by atoms with Crippen LogP contribution in [0.3, 0.4) is 0 Å². The first-order valence-electron chi connectivity index (χ1n) is 6.53. The minimum Gasteiger partial charge on any atom is -0.344 e. The van der Waals surface area contributed by atoms with Crippen molar-refractivity contribution in [1.82, 2.24) is 20.3 Å². The summed E-state index contributed by atoms with van der Waals surface area (Å²) in [5, 5.41) is 2.88. The van der Waals surface area contributed by atoms with Crippen molar-refractivity contribution in [3.8, 4) is 0 Å². The molecular weight excluding hydrogens is 256 g/mol. The third kappa shape index (κ3) is 3.14. The normalized spacial score (nSPS) is 12.2. The number of amides is 1. The van der Waals surface area contributed by atoms with Gasteiger partial charge in [-0.2, -0.15) is 0 Å². The summed E-state index contributed by atoms with van der Waals surface area (Å²) in [5.41, 5.74) is 1.68. The number of carbonyl (C=O) groups excluding carboxylic acids is 1. The lowest BCUT2D eigenvalue weighted by Gasteiger charge is -2.14. The minimum absolute atomic E-state index is 0.198.